The average Bonchev–Trinajstić information content (AvgIpc) is 2.72. The molecule has 3 heteroatoms. The van der Waals surface area contributed by atoms with Crippen LogP contribution in [0.4, 0.5) is 0 Å². The van der Waals surface area contributed by atoms with E-state index in [1.165, 1.54) is 32.1 Å². The van der Waals surface area contributed by atoms with Gasteiger partial charge in [0.25, 0.3) is 0 Å². The zero-order valence-corrected chi connectivity index (χ0v) is 8.84. The van der Waals surface area contributed by atoms with Crippen molar-refractivity contribution < 1.29 is 9.47 Å². The Kier molecular flexibility index (Phi) is 4.22. The van der Waals surface area contributed by atoms with Crippen LogP contribution < -0.4 is 5.32 Å². The Morgan fingerprint density at radius 3 is 2.86 bits per heavy atom. The third-order valence-electron chi connectivity index (χ3n) is 3.06. The summed E-state index contributed by atoms with van der Waals surface area (Å²) < 4.78 is 11.3. The summed E-state index contributed by atoms with van der Waals surface area (Å²) in [5, 5.41) is 3.43. The molecule has 0 aliphatic carbocycles. The first kappa shape index (κ1) is 10.4. The Morgan fingerprint density at radius 1 is 1.14 bits per heavy atom. The normalized spacial score (nSPS) is 33.4. The third kappa shape index (κ3) is 3.23. The van der Waals surface area contributed by atoms with Gasteiger partial charge in [-0.05, 0) is 38.6 Å². The van der Waals surface area contributed by atoms with Crippen molar-refractivity contribution in [2.45, 2.75) is 44.2 Å². The van der Waals surface area contributed by atoms with Crippen molar-refractivity contribution in [3.05, 3.63) is 0 Å². The van der Waals surface area contributed by atoms with E-state index in [0.717, 1.165) is 26.4 Å². The van der Waals surface area contributed by atoms with Gasteiger partial charge in [-0.3, -0.25) is 0 Å². The van der Waals surface area contributed by atoms with Gasteiger partial charge in [-0.25, -0.2) is 0 Å². The Balaban J connectivity index is 1.52. The summed E-state index contributed by atoms with van der Waals surface area (Å²) in [5.41, 5.74) is 0. The van der Waals surface area contributed by atoms with Crippen molar-refractivity contribution in [1.82, 2.24) is 5.32 Å². The molecule has 3 nitrogen and oxygen atoms in total. The molecular formula is C11H21NO2. The summed E-state index contributed by atoms with van der Waals surface area (Å²) in [5.74, 6) is 0. The topological polar surface area (TPSA) is 30.5 Å². The van der Waals surface area contributed by atoms with E-state index in [1.54, 1.807) is 0 Å². The van der Waals surface area contributed by atoms with Gasteiger partial charge in [0.05, 0.1) is 19.3 Å². The fraction of sp³-hybridized carbons (Fsp3) is 1.00. The van der Waals surface area contributed by atoms with Gasteiger partial charge in [0.2, 0.25) is 0 Å². The molecule has 2 unspecified atom stereocenters. The van der Waals surface area contributed by atoms with Gasteiger partial charge in [-0.15, -0.1) is 0 Å². The summed E-state index contributed by atoms with van der Waals surface area (Å²) in [6.07, 6.45) is 6.64. The minimum atomic E-state index is 0.366. The number of rotatable bonds is 4. The molecule has 2 atom stereocenters. The van der Waals surface area contributed by atoms with Gasteiger partial charge in [-0.1, -0.05) is 0 Å². The van der Waals surface area contributed by atoms with Crippen molar-refractivity contribution in [1.29, 1.82) is 0 Å². The number of nitrogens with one attached hydrogen (secondary N) is 1. The minimum Gasteiger partial charge on any atom is -0.377 e. The largest absolute Gasteiger partial charge is 0.377 e. The van der Waals surface area contributed by atoms with Crippen LogP contribution in [0.25, 0.3) is 0 Å². The van der Waals surface area contributed by atoms with Gasteiger partial charge < -0.3 is 14.8 Å². The molecule has 82 valence electrons. The molecule has 2 saturated heterocycles. The number of ether oxygens (including phenoxy) is 2. The van der Waals surface area contributed by atoms with E-state index in [1.807, 2.05) is 0 Å². The maximum atomic E-state index is 5.67. The predicted molar refractivity (Wildman–Crippen MR) is 55.4 cm³/mol. The molecule has 2 rings (SSSR count). The highest BCUT2D eigenvalue weighted by molar-refractivity contribution is 4.73. The average molecular weight is 199 g/mol. The Morgan fingerprint density at radius 2 is 2.14 bits per heavy atom. The van der Waals surface area contributed by atoms with Gasteiger partial charge in [0, 0.05) is 12.6 Å². The third-order valence-corrected chi connectivity index (χ3v) is 3.06. The van der Waals surface area contributed by atoms with Crippen LogP contribution in [-0.4, -0.2) is 38.5 Å². The number of hydrogen-bond acceptors (Lipinski definition) is 3. The van der Waals surface area contributed by atoms with E-state index in [9.17, 15) is 0 Å². The van der Waals surface area contributed by atoms with Crippen LogP contribution in [0.5, 0.6) is 0 Å². The first-order valence-electron chi connectivity index (χ1n) is 5.88. The van der Waals surface area contributed by atoms with Gasteiger partial charge in [0.1, 0.15) is 0 Å². The van der Waals surface area contributed by atoms with Crippen LogP contribution in [0.3, 0.4) is 0 Å². The molecule has 2 aliphatic rings. The lowest BCUT2D eigenvalue weighted by Crippen LogP contribution is -2.30. The van der Waals surface area contributed by atoms with Gasteiger partial charge >= 0.3 is 0 Å². The van der Waals surface area contributed by atoms with E-state index >= 15 is 0 Å². The summed E-state index contributed by atoms with van der Waals surface area (Å²) in [6.45, 7) is 3.74. The van der Waals surface area contributed by atoms with Crippen molar-refractivity contribution >= 4 is 0 Å². The van der Waals surface area contributed by atoms with Crippen molar-refractivity contribution in [2.24, 2.45) is 0 Å². The van der Waals surface area contributed by atoms with E-state index in [0.29, 0.717) is 12.1 Å². The summed E-state index contributed by atoms with van der Waals surface area (Å²) >= 11 is 0. The molecule has 0 aromatic rings. The molecular weight excluding hydrogens is 178 g/mol. The lowest BCUT2D eigenvalue weighted by atomic mass is 10.1. The second-order valence-electron chi connectivity index (χ2n) is 4.32. The smallest absolute Gasteiger partial charge is 0.0808 e. The number of hydrogen-bond donors (Lipinski definition) is 1. The van der Waals surface area contributed by atoms with Crippen molar-refractivity contribution in [3.63, 3.8) is 0 Å². The summed E-state index contributed by atoms with van der Waals surface area (Å²) in [7, 11) is 0. The standard InChI is InChI=1S/C11H21NO2/c1-2-7-14-11(5-1)9-13-8-10-4-3-6-12-10/h10-12H,1-9H2. The van der Waals surface area contributed by atoms with Crippen LogP contribution in [0, 0.1) is 0 Å². The zero-order chi connectivity index (χ0) is 9.64. The lowest BCUT2D eigenvalue weighted by molar-refractivity contribution is -0.0433. The molecule has 0 saturated carbocycles. The fourth-order valence-corrected chi connectivity index (χ4v) is 2.18. The molecule has 2 aliphatic heterocycles. The highest BCUT2D eigenvalue weighted by atomic mass is 16.5. The molecule has 2 fully saturated rings. The molecule has 0 spiro atoms. The molecule has 0 radical (unpaired) electrons. The second kappa shape index (κ2) is 5.69. The minimum absolute atomic E-state index is 0.366. The zero-order valence-electron chi connectivity index (χ0n) is 8.84. The first-order chi connectivity index (χ1) is 6.95. The van der Waals surface area contributed by atoms with Crippen molar-refractivity contribution in [3.8, 4) is 0 Å². The predicted octanol–water partition coefficient (Wildman–Crippen LogP) is 1.32. The molecule has 2 heterocycles. The van der Waals surface area contributed by atoms with E-state index in [-0.39, 0.29) is 0 Å². The maximum Gasteiger partial charge on any atom is 0.0808 e. The Bertz CT molecular complexity index is 151. The Labute approximate surface area is 86.2 Å². The monoisotopic (exact) mass is 199 g/mol. The van der Waals surface area contributed by atoms with Gasteiger partial charge in [-0.2, -0.15) is 0 Å². The Hall–Kier alpha value is -0.120. The molecule has 0 amide bonds. The maximum absolute atomic E-state index is 5.67. The molecule has 0 bridgehead atoms. The van der Waals surface area contributed by atoms with Crippen LogP contribution in [0.15, 0.2) is 0 Å². The highest BCUT2D eigenvalue weighted by Crippen LogP contribution is 2.13. The molecule has 0 aromatic heterocycles. The highest BCUT2D eigenvalue weighted by Gasteiger charge is 2.17. The van der Waals surface area contributed by atoms with E-state index in [2.05, 4.69) is 5.32 Å². The van der Waals surface area contributed by atoms with Crippen LogP contribution >= 0.6 is 0 Å². The SMILES string of the molecule is C1CCC(COCC2CCCN2)OC1. The second-order valence-corrected chi connectivity index (χ2v) is 4.32. The molecule has 14 heavy (non-hydrogen) atoms. The van der Waals surface area contributed by atoms with E-state index < -0.39 is 0 Å². The van der Waals surface area contributed by atoms with Crippen LogP contribution in [-0.2, 0) is 9.47 Å². The van der Waals surface area contributed by atoms with Gasteiger partial charge in [0.15, 0.2) is 0 Å². The lowest BCUT2D eigenvalue weighted by Gasteiger charge is -2.23. The fourth-order valence-electron chi connectivity index (χ4n) is 2.18. The summed E-state index contributed by atoms with van der Waals surface area (Å²) in [6, 6.07) is 0.596. The van der Waals surface area contributed by atoms with Crippen LogP contribution in [0.1, 0.15) is 32.1 Å². The molecule has 0 aromatic carbocycles. The van der Waals surface area contributed by atoms with E-state index in [4.69, 9.17) is 9.47 Å². The molecule has 1 N–H and O–H groups in total. The van der Waals surface area contributed by atoms with Crippen LogP contribution in [0.2, 0.25) is 0 Å². The first-order valence-corrected chi connectivity index (χ1v) is 5.88. The quantitative estimate of drug-likeness (QED) is 0.741. The summed E-state index contributed by atoms with van der Waals surface area (Å²) in [4.78, 5) is 0. The van der Waals surface area contributed by atoms with Crippen molar-refractivity contribution in [2.75, 3.05) is 26.4 Å².